The Morgan fingerprint density at radius 2 is 2.50 bits per heavy atom. The molecule has 2 heterocycles. The minimum atomic E-state index is 0.702. The van der Waals surface area contributed by atoms with Crippen molar-refractivity contribution in [3.63, 3.8) is 0 Å². The van der Waals surface area contributed by atoms with Crippen molar-refractivity contribution in [2.24, 2.45) is 0 Å². The smallest absolute Gasteiger partial charge is 0.0971 e. The van der Waals surface area contributed by atoms with E-state index in [9.17, 15) is 0 Å². The summed E-state index contributed by atoms with van der Waals surface area (Å²) in [5.41, 5.74) is 0. The van der Waals surface area contributed by atoms with Crippen LogP contribution in [0.5, 0.6) is 0 Å². The van der Waals surface area contributed by atoms with Crippen LogP contribution in [0.25, 0.3) is 0 Å². The van der Waals surface area contributed by atoms with Crippen LogP contribution in [0.15, 0.2) is 6.20 Å². The number of thiazole rings is 1. The number of nitrogens with zero attached hydrogens (tertiary/aromatic N) is 2. The summed E-state index contributed by atoms with van der Waals surface area (Å²) < 4.78 is 0. The van der Waals surface area contributed by atoms with Crippen LogP contribution < -0.4 is 0 Å². The molecule has 1 unspecified atom stereocenters. The van der Waals surface area contributed by atoms with Crippen LogP contribution in [0, 0.1) is 6.92 Å². The number of aryl methyl sites for hydroxylation is 1. The third kappa shape index (κ3) is 1.52. The van der Waals surface area contributed by atoms with Gasteiger partial charge in [0.25, 0.3) is 0 Å². The lowest BCUT2D eigenvalue weighted by Crippen LogP contribution is -2.13. The number of aromatic nitrogens is 1. The van der Waals surface area contributed by atoms with E-state index in [1.807, 2.05) is 17.5 Å². The fourth-order valence-electron chi connectivity index (χ4n) is 1.70. The Balaban J connectivity index is 2.11. The van der Waals surface area contributed by atoms with E-state index >= 15 is 0 Å². The lowest BCUT2D eigenvalue weighted by Gasteiger charge is -2.06. The first-order chi connectivity index (χ1) is 5.75. The van der Waals surface area contributed by atoms with Gasteiger partial charge in [-0.3, -0.25) is 0 Å². The molecule has 2 rings (SSSR count). The van der Waals surface area contributed by atoms with E-state index in [2.05, 4.69) is 23.9 Å². The predicted octanol–water partition coefficient (Wildman–Crippen LogP) is 1.87. The number of hydrogen-bond acceptors (Lipinski definition) is 3. The summed E-state index contributed by atoms with van der Waals surface area (Å²) in [6.45, 7) is 4.54. The fourth-order valence-corrected chi connectivity index (χ4v) is 2.60. The predicted molar refractivity (Wildman–Crippen MR) is 51.7 cm³/mol. The van der Waals surface area contributed by atoms with E-state index in [0.717, 1.165) is 0 Å². The number of hydrogen-bond donors (Lipinski definition) is 0. The van der Waals surface area contributed by atoms with Gasteiger partial charge in [-0.1, -0.05) is 0 Å². The monoisotopic (exact) mass is 182 g/mol. The second-order valence-electron chi connectivity index (χ2n) is 3.56. The molecule has 0 saturated carbocycles. The second kappa shape index (κ2) is 3.15. The Labute approximate surface area is 77.2 Å². The molecule has 1 aliphatic heterocycles. The summed E-state index contributed by atoms with van der Waals surface area (Å²) in [4.78, 5) is 8.13. The van der Waals surface area contributed by atoms with Gasteiger partial charge >= 0.3 is 0 Å². The minimum Gasteiger partial charge on any atom is -0.306 e. The highest BCUT2D eigenvalue weighted by Gasteiger charge is 2.23. The summed E-state index contributed by atoms with van der Waals surface area (Å²) >= 11 is 1.85. The zero-order valence-corrected chi connectivity index (χ0v) is 8.40. The summed E-state index contributed by atoms with van der Waals surface area (Å²) in [6.07, 6.45) is 3.27. The van der Waals surface area contributed by atoms with Gasteiger partial charge in [0.15, 0.2) is 0 Å². The number of rotatable bonds is 1. The zero-order chi connectivity index (χ0) is 8.55. The SMILES string of the molecule is Cc1cnc(C2CCN(C)C2)s1. The fraction of sp³-hybridized carbons (Fsp3) is 0.667. The molecular formula is C9H14N2S. The second-order valence-corrected chi connectivity index (χ2v) is 4.82. The average Bonchev–Trinajstić information content (AvgIpc) is 2.58. The van der Waals surface area contributed by atoms with Crippen molar-refractivity contribution in [2.75, 3.05) is 20.1 Å². The van der Waals surface area contributed by atoms with E-state index < -0.39 is 0 Å². The van der Waals surface area contributed by atoms with Gasteiger partial charge in [0.1, 0.15) is 0 Å². The molecular weight excluding hydrogens is 168 g/mol. The van der Waals surface area contributed by atoms with Gasteiger partial charge in [0.2, 0.25) is 0 Å². The maximum Gasteiger partial charge on any atom is 0.0971 e. The van der Waals surface area contributed by atoms with Crippen LogP contribution in [0.4, 0.5) is 0 Å². The molecule has 3 heteroatoms. The normalized spacial score (nSPS) is 25.0. The molecule has 0 spiro atoms. The highest BCUT2D eigenvalue weighted by atomic mass is 32.1. The van der Waals surface area contributed by atoms with Crippen LogP contribution in [-0.4, -0.2) is 30.0 Å². The van der Waals surface area contributed by atoms with E-state index in [1.165, 1.54) is 29.4 Å². The molecule has 0 radical (unpaired) electrons. The van der Waals surface area contributed by atoms with E-state index in [1.54, 1.807) is 0 Å². The Bertz CT molecular complexity index is 269. The molecule has 2 nitrogen and oxygen atoms in total. The first-order valence-corrected chi connectivity index (χ1v) is 5.18. The van der Waals surface area contributed by atoms with Crippen molar-refractivity contribution in [3.05, 3.63) is 16.1 Å². The molecule has 0 aliphatic carbocycles. The molecule has 1 aromatic rings. The average molecular weight is 182 g/mol. The van der Waals surface area contributed by atoms with E-state index in [-0.39, 0.29) is 0 Å². The molecule has 1 aliphatic rings. The Kier molecular flexibility index (Phi) is 2.15. The molecule has 0 amide bonds. The van der Waals surface area contributed by atoms with Gasteiger partial charge < -0.3 is 4.90 Å². The maximum absolute atomic E-state index is 4.42. The highest BCUT2D eigenvalue weighted by molar-refractivity contribution is 7.11. The lowest BCUT2D eigenvalue weighted by atomic mass is 10.1. The van der Waals surface area contributed by atoms with Crippen molar-refractivity contribution in [1.82, 2.24) is 9.88 Å². The number of likely N-dealkylation sites (tertiary alicyclic amines) is 1. The standard InChI is InChI=1S/C9H14N2S/c1-7-5-10-9(12-7)8-3-4-11(2)6-8/h5,8H,3-4,6H2,1-2H3. The van der Waals surface area contributed by atoms with Gasteiger partial charge in [0, 0.05) is 23.5 Å². The topological polar surface area (TPSA) is 16.1 Å². The zero-order valence-electron chi connectivity index (χ0n) is 7.58. The van der Waals surface area contributed by atoms with Gasteiger partial charge in [-0.25, -0.2) is 4.98 Å². The Morgan fingerprint density at radius 1 is 1.67 bits per heavy atom. The van der Waals surface area contributed by atoms with Crippen LogP contribution in [0.1, 0.15) is 22.2 Å². The Morgan fingerprint density at radius 3 is 3.00 bits per heavy atom. The van der Waals surface area contributed by atoms with Crippen molar-refractivity contribution < 1.29 is 0 Å². The Hall–Kier alpha value is -0.410. The van der Waals surface area contributed by atoms with Crippen LogP contribution in [0.3, 0.4) is 0 Å². The minimum absolute atomic E-state index is 0.702. The van der Waals surface area contributed by atoms with Crippen LogP contribution in [-0.2, 0) is 0 Å². The van der Waals surface area contributed by atoms with Gasteiger partial charge in [0.05, 0.1) is 5.01 Å². The van der Waals surface area contributed by atoms with Crippen LogP contribution in [0.2, 0.25) is 0 Å². The van der Waals surface area contributed by atoms with Gasteiger partial charge in [-0.15, -0.1) is 11.3 Å². The molecule has 1 atom stereocenters. The highest BCUT2D eigenvalue weighted by Crippen LogP contribution is 2.28. The van der Waals surface area contributed by atoms with Crippen molar-refractivity contribution in [2.45, 2.75) is 19.3 Å². The van der Waals surface area contributed by atoms with Crippen molar-refractivity contribution in [3.8, 4) is 0 Å². The lowest BCUT2D eigenvalue weighted by molar-refractivity contribution is 0.411. The third-order valence-electron chi connectivity index (χ3n) is 2.38. The number of likely N-dealkylation sites (N-methyl/N-ethyl adjacent to an activating group) is 1. The summed E-state index contributed by atoms with van der Waals surface area (Å²) in [5, 5.41) is 1.33. The van der Waals surface area contributed by atoms with Crippen molar-refractivity contribution in [1.29, 1.82) is 0 Å². The molecule has 12 heavy (non-hydrogen) atoms. The molecule has 0 N–H and O–H groups in total. The first-order valence-electron chi connectivity index (χ1n) is 4.36. The summed E-state index contributed by atoms with van der Waals surface area (Å²) in [5.74, 6) is 0.702. The van der Waals surface area contributed by atoms with Crippen molar-refractivity contribution >= 4 is 11.3 Å². The molecule has 66 valence electrons. The quantitative estimate of drug-likeness (QED) is 0.659. The maximum atomic E-state index is 4.42. The van der Waals surface area contributed by atoms with E-state index in [4.69, 9.17) is 0 Å². The third-order valence-corrected chi connectivity index (χ3v) is 3.45. The largest absolute Gasteiger partial charge is 0.306 e. The summed E-state index contributed by atoms with van der Waals surface area (Å²) in [7, 11) is 2.18. The van der Waals surface area contributed by atoms with Gasteiger partial charge in [-0.2, -0.15) is 0 Å². The van der Waals surface area contributed by atoms with E-state index in [0.29, 0.717) is 5.92 Å². The summed E-state index contributed by atoms with van der Waals surface area (Å²) in [6, 6.07) is 0. The first kappa shape index (κ1) is 8.20. The molecule has 1 aromatic heterocycles. The van der Waals surface area contributed by atoms with Crippen LogP contribution >= 0.6 is 11.3 Å². The molecule has 1 saturated heterocycles. The molecule has 1 fully saturated rings. The van der Waals surface area contributed by atoms with Gasteiger partial charge in [-0.05, 0) is 26.9 Å². The molecule has 0 bridgehead atoms. The molecule has 0 aromatic carbocycles.